The molecular weight excluding hydrogens is 364 g/mol. The summed E-state index contributed by atoms with van der Waals surface area (Å²) in [5.74, 6) is 2.93. The van der Waals surface area contributed by atoms with Crippen LogP contribution in [0.3, 0.4) is 0 Å². The van der Waals surface area contributed by atoms with Crippen molar-refractivity contribution in [1.82, 2.24) is 9.88 Å². The van der Waals surface area contributed by atoms with Gasteiger partial charge in [-0.2, -0.15) is 0 Å². The number of aryl methyl sites for hydroxylation is 1. The monoisotopic (exact) mass is 384 g/mol. The van der Waals surface area contributed by atoms with Gasteiger partial charge in [0.15, 0.2) is 11.5 Å². The number of oxazole rings is 1. The molecule has 4 rings (SSSR count). The molecule has 140 valence electrons. The Balaban J connectivity index is 1.42. The van der Waals surface area contributed by atoms with Crippen LogP contribution in [0.2, 0.25) is 5.02 Å². The third-order valence-electron chi connectivity index (χ3n) is 4.50. The number of aromatic nitrogens is 1. The van der Waals surface area contributed by atoms with Gasteiger partial charge in [-0.05, 0) is 38.2 Å². The maximum atomic E-state index is 6.26. The molecule has 0 amide bonds. The molecule has 1 aromatic heterocycles. The first kappa shape index (κ1) is 17.9. The topological polar surface area (TPSA) is 47.7 Å². The summed E-state index contributed by atoms with van der Waals surface area (Å²) in [5.41, 5.74) is 1.70. The fraction of sp³-hybridized carbons (Fsp3) is 0.286. The van der Waals surface area contributed by atoms with E-state index < -0.39 is 0 Å². The van der Waals surface area contributed by atoms with Crippen LogP contribution in [0.4, 0.5) is 0 Å². The van der Waals surface area contributed by atoms with Crippen molar-refractivity contribution in [2.24, 2.45) is 0 Å². The number of rotatable bonds is 5. The Morgan fingerprint density at radius 1 is 1.11 bits per heavy atom. The molecule has 0 unspecified atom stereocenters. The number of hydrogen-bond acceptors (Lipinski definition) is 5. The molecule has 0 aliphatic carbocycles. The lowest BCUT2D eigenvalue weighted by atomic mass is 10.2. The molecule has 6 heteroatoms. The van der Waals surface area contributed by atoms with Crippen LogP contribution in [0, 0.1) is 6.92 Å². The van der Waals surface area contributed by atoms with E-state index in [1.807, 2.05) is 62.5 Å². The first-order valence-electron chi connectivity index (χ1n) is 8.88. The van der Waals surface area contributed by atoms with Gasteiger partial charge in [0.25, 0.3) is 0 Å². The first-order chi connectivity index (χ1) is 13.1. The van der Waals surface area contributed by atoms with Gasteiger partial charge in [0, 0.05) is 13.1 Å². The average Bonchev–Trinajstić information content (AvgIpc) is 3.02. The van der Waals surface area contributed by atoms with Crippen molar-refractivity contribution in [1.29, 1.82) is 0 Å². The normalized spacial score (nSPS) is 15.9. The molecule has 1 atom stereocenters. The smallest absolute Gasteiger partial charge is 0.228 e. The lowest BCUT2D eigenvalue weighted by Gasteiger charge is -2.29. The highest BCUT2D eigenvalue weighted by Crippen LogP contribution is 2.31. The highest BCUT2D eigenvalue weighted by molar-refractivity contribution is 6.33. The van der Waals surface area contributed by atoms with Gasteiger partial charge in [-0.15, -0.1) is 0 Å². The molecule has 5 nitrogen and oxygen atoms in total. The van der Waals surface area contributed by atoms with Gasteiger partial charge < -0.3 is 13.9 Å². The second-order valence-electron chi connectivity index (χ2n) is 6.70. The molecule has 0 radical (unpaired) electrons. The minimum atomic E-state index is -0.0276. The second kappa shape index (κ2) is 7.62. The van der Waals surface area contributed by atoms with Gasteiger partial charge in [0.2, 0.25) is 5.89 Å². The molecule has 0 N–H and O–H groups in total. The van der Waals surface area contributed by atoms with Crippen LogP contribution < -0.4 is 9.47 Å². The van der Waals surface area contributed by atoms with Gasteiger partial charge in [-0.25, -0.2) is 4.98 Å². The summed E-state index contributed by atoms with van der Waals surface area (Å²) < 4.78 is 17.7. The molecule has 2 heterocycles. The Hall–Kier alpha value is -2.50. The minimum absolute atomic E-state index is 0.0276. The number of likely N-dealkylation sites (N-methyl/N-ethyl adjacent to an activating group) is 1. The molecule has 1 aliphatic rings. The van der Waals surface area contributed by atoms with Crippen LogP contribution in [-0.2, 0) is 6.54 Å². The average molecular weight is 385 g/mol. The molecule has 2 aromatic carbocycles. The summed E-state index contributed by atoms with van der Waals surface area (Å²) in [4.78, 5) is 6.80. The van der Waals surface area contributed by atoms with E-state index in [0.717, 1.165) is 35.1 Å². The van der Waals surface area contributed by atoms with Gasteiger partial charge in [-0.1, -0.05) is 35.9 Å². The number of ether oxygens (including phenoxy) is 2. The Bertz CT molecular complexity index is 941. The van der Waals surface area contributed by atoms with Crippen molar-refractivity contribution < 1.29 is 13.9 Å². The van der Waals surface area contributed by atoms with Crippen LogP contribution in [0.25, 0.3) is 11.5 Å². The van der Waals surface area contributed by atoms with Crippen molar-refractivity contribution >= 4 is 11.6 Å². The van der Waals surface area contributed by atoms with Gasteiger partial charge in [0.05, 0.1) is 16.3 Å². The zero-order valence-electron chi connectivity index (χ0n) is 15.3. The number of benzene rings is 2. The maximum absolute atomic E-state index is 6.26. The fourth-order valence-electron chi connectivity index (χ4n) is 3.15. The number of halogens is 1. The molecule has 1 aliphatic heterocycles. The highest BCUT2D eigenvalue weighted by atomic mass is 35.5. The fourth-order valence-corrected chi connectivity index (χ4v) is 3.36. The lowest BCUT2D eigenvalue weighted by molar-refractivity contribution is 0.0634. The van der Waals surface area contributed by atoms with Crippen LogP contribution in [0.5, 0.6) is 11.5 Å². The Morgan fingerprint density at radius 3 is 2.67 bits per heavy atom. The van der Waals surface area contributed by atoms with E-state index in [-0.39, 0.29) is 6.10 Å². The summed E-state index contributed by atoms with van der Waals surface area (Å²) in [7, 11) is 2.03. The highest BCUT2D eigenvalue weighted by Gasteiger charge is 2.23. The molecule has 0 spiro atoms. The summed E-state index contributed by atoms with van der Waals surface area (Å²) in [5, 5.41) is 0.630. The Labute approximate surface area is 163 Å². The van der Waals surface area contributed by atoms with Crippen molar-refractivity contribution in [3.8, 4) is 23.0 Å². The standard InChI is InChI=1S/C21H21ClN2O3/c1-14-18(23-21(26-14)16-7-3-4-8-17(16)22)12-24(2)11-15-13-25-19-9-5-6-10-20(19)27-15/h3-10,15H,11-13H2,1-2H3/t15-/m1/s1. The van der Waals surface area contributed by atoms with Crippen molar-refractivity contribution in [2.75, 3.05) is 20.2 Å². The predicted molar refractivity (Wildman–Crippen MR) is 104 cm³/mol. The van der Waals surface area contributed by atoms with Crippen LogP contribution in [0.15, 0.2) is 52.9 Å². The summed E-state index contributed by atoms with van der Waals surface area (Å²) in [6.07, 6.45) is -0.0276. The zero-order chi connectivity index (χ0) is 18.8. The summed E-state index contributed by atoms with van der Waals surface area (Å²) in [6.45, 7) is 3.83. The maximum Gasteiger partial charge on any atom is 0.228 e. The SMILES string of the molecule is Cc1oc(-c2ccccc2Cl)nc1CN(C)C[C@@H]1COc2ccccc2O1. The van der Waals surface area contributed by atoms with E-state index in [1.54, 1.807) is 0 Å². The number of fused-ring (bicyclic) bond motifs is 1. The van der Waals surface area contributed by atoms with E-state index in [0.29, 0.717) is 24.1 Å². The van der Waals surface area contributed by atoms with Crippen LogP contribution in [0.1, 0.15) is 11.5 Å². The van der Waals surface area contributed by atoms with E-state index in [1.165, 1.54) is 0 Å². The van der Waals surface area contributed by atoms with Crippen molar-refractivity contribution in [3.63, 3.8) is 0 Å². The van der Waals surface area contributed by atoms with E-state index in [4.69, 9.17) is 25.5 Å². The number of para-hydroxylation sites is 2. The van der Waals surface area contributed by atoms with E-state index in [2.05, 4.69) is 9.88 Å². The quantitative estimate of drug-likeness (QED) is 0.644. The molecule has 0 fully saturated rings. The van der Waals surface area contributed by atoms with E-state index in [9.17, 15) is 0 Å². The van der Waals surface area contributed by atoms with Gasteiger partial charge >= 0.3 is 0 Å². The van der Waals surface area contributed by atoms with Crippen LogP contribution >= 0.6 is 11.6 Å². The predicted octanol–water partition coefficient (Wildman–Crippen LogP) is 4.58. The number of nitrogens with zero attached hydrogens (tertiary/aromatic N) is 2. The zero-order valence-corrected chi connectivity index (χ0v) is 16.1. The van der Waals surface area contributed by atoms with Crippen molar-refractivity contribution in [2.45, 2.75) is 19.6 Å². The van der Waals surface area contributed by atoms with Crippen LogP contribution in [-0.4, -0.2) is 36.2 Å². The third kappa shape index (κ3) is 3.94. The molecule has 3 aromatic rings. The second-order valence-corrected chi connectivity index (χ2v) is 7.10. The molecular formula is C21H21ClN2O3. The Morgan fingerprint density at radius 2 is 1.85 bits per heavy atom. The molecule has 0 saturated carbocycles. The third-order valence-corrected chi connectivity index (χ3v) is 4.83. The van der Waals surface area contributed by atoms with Gasteiger partial charge in [-0.3, -0.25) is 4.90 Å². The van der Waals surface area contributed by atoms with Gasteiger partial charge in [0.1, 0.15) is 18.5 Å². The minimum Gasteiger partial charge on any atom is -0.486 e. The largest absolute Gasteiger partial charge is 0.486 e. The molecule has 0 saturated heterocycles. The number of hydrogen-bond donors (Lipinski definition) is 0. The lowest BCUT2D eigenvalue weighted by Crippen LogP contribution is -2.39. The summed E-state index contributed by atoms with van der Waals surface area (Å²) >= 11 is 6.26. The summed E-state index contributed by atoms with van der Waals surface area (Å²) in [6, 6.07) is 15.3. The van der Waals surface area contributed by atoms with Crippen molar-refractivity contribution in [3.05, 3.63) is 65.0 Å². The Kier molecular flexibility index (Phi) is 5.05. The molecule has 0 bridgehead atoms. The molecule has 27 heavy (non-hydrogen) atoms. The first-order valence-corrected chi connectivity index (χ1v) is 9.26. The van der Waals surface area contributed by atoms with E-state index >= 15 is 0 Å².